The summed E-state index contributed by atoms with van der Waals surface area (Å²) < 4.78 is 11.2. The fourth-order valence-corrected chi connectivity index (χ4v) is 6.97. The minimum Gasteiger partial charge on any atom is -0.457 e. The number of allylic oxidation sites excluding steroid dienone is 14. The Bertz CT molecular complexity index is 1050. The predicted molar refractivity (Wildman–Crippen MR) is 260 cm³/mol. The second-order valence-electron chi connectivity index (χ2n) is 16.5. The van der Waals surface area contributed by atoms with Gasteiger partial charge in [-0.1, -0.05) is 221 Å². The van der Waals surface area contributed by atoms with Crippen LogP contribution in [0.4, 0.5) is 0 Å². The van der Waals surface area contributed by atoms with E-state index in [1.54, 1.807) is 0 Å². The Morgan fingerprint density at radius 1 is 0.424 bits per heavy atom. The van der Waals surface area contributed by atoms with Gasteiger partial charge in [-0.2, -0.15) is 0 Å². The van der Waals surface area contributed by atoms with Gasteiger partial charge in [0.1, 0.15) is 6.10 Å². The van der Waals surface area contributed by atoms with E-state index in [1.807, 2.05) is 0 Å². The number of unbranched alkanes of at least 4 members (excludes halogenated alkanes) is 24. The monoisotopic (exact) mass is 821 g/mol. The number of ether oxygens (including phenoxy) is 2. The van der Waals surface area contributed by atoms with E-state index in [0.717, 1.165) is 64.2 Å². The minimum absolute atomic E-state index is 0.180. The van der Waals surface area contributed by atoms with Crippen LogP contribution >= 0.6 is 0 Å². The number of aliphatic hydroxyl groups is 1. The number of hydrogen-bond acceptors (Lipinski definition) is 4. The van der Waals surface area contributed by atoms with Crippen molar-refractivity contribution in [2.24, 2.45) is 0 Å². The Balaban J connectivity index is 3.46. The molecule has 0 rings (SSSR count). The molecule has 59 heavy (non-hydrogen) atoms. The van der Waals surface area contributed by atoms with Gasteiger partial charge < -0.3 is 14.6 Å². The maximum atomic E-state index is 12.3. The maximum Gasteiger partial charge on any atom is 0.306 e. The van der Waals surface area contributed by atoms with E-state index in [9.17, 15) is 9.90 Å². The minimum atomic E-state index is -0.546. The Morgan fingerprint density at radius 3 is 1.15 bits per heavy atom. The molecular weight excluding hydrogens is 725 g/mol. The van der Waals surface area contributed by atoms with Crippen molar-refractivity contribution < 1.29 is 19.4 Å². The van der Waals surface area contributed by atoms with Crippen LogP contribution in [-0.4, -0.2) is 37.0 Å². The zero-order valence-corrected chi connectivity index (χ0v) is 39.0. The molecule has 0 aliphatic rings. The van der Waals surface area contributed by atoms with Crippen LogP contribution in [0.15, 0.2) is 85.1 Å². The molecule has 0 spiro atoms. The molecule has 0 aromatic carbocycles. The molecule has 340 valence electrons. The number of aliphatic hydroxyl groups excluding tert-OH is 1. The van der Waals surface area contributed by atoms with Crippen LogP contribution in [0.1, 0.15) is 232 Å². The molecule has 1 unspecified atom stereocenters. The number of carbonyl (C=O) groups excluding carboxylic acids is 1. The lowest BCUT2D eigenvalue weighted by molar-refractivity contribution is -0.154. The van der Waals surface area contributed by atoms with E-state index in [2.05, 4.69) is 98.9 Å². The second-order valence-corrected chi connectivity index (χ2v) is 16.5. The lowest BCUT2D eigenvalue weighted by Gasteiger charge is -2.16. The number of hydrogen-bond donors (Lipinski definition) is 1. The van der Waals surface area contributed by atoms with Gasteiger partial charge in [-0.3, -0.25) is 4.79 Å². The lowest BCUT2D eigenvalue weighted by atomic mass is 10.0. The molecule has 0 fully saturated rings. The van der Waals surface area contributed by atoms with Crippen molar-refractivity contribution in [2.45, 2.75) is 238 Å². The van der Waals surface area contributed by atoms with Crippen molar-refractivity contribution in [3.05, 3.63) is 85.1 Å². The molecule has 0 amide bonds. The van der Waals surface area contributed by atoms with Gasteiger partial charge in [-0.15, -0.1) is 0 Å². The highest BCUT2D eigenvalue weighted by Crippen LogP contribution is 2.14. The van der Waals surface area contributed by atoms with Crippen molar-refractivity contribution in [1.82, 2.24) is 0 Å². The van der Waals surface area contributed by atoms with E-state index in [0.29, 0.717) is 13.0 Å². The topological polar surface area (TPSA) is 55.8 Å². The smallest absolute Gasteiger partial charge is 0.306 e. The van der Waals surface area contributed by atoms with Crippen LogP contribution in [0.25, 0.3) is 0 Å². The number of esters is 1. The molecule has 0 radical (unpaired) electrons. The third kappa shape index (κ3) is 49.8. The molecule has 0 aromatic heterocycles. The van der Waals surface area contributed by atoms with Crippen molar-refractivity contribution in [3.8, 4) is 0 Å². The van der Waals surface area contributed by atoms with E-state index in [-0.39, 0.29) is 19.2 Å². The lowest BCUT2D eigenvalue weighted by Crippen LogP contribution is -2.27. The fraction of sp³-hybridized carbons (Fsp3) is 0.727. The summed E-state index contributed by atoms with van der Waals surface area (Å²) in [6, 6.07) is 0. The normalized spacial score (nSPS) is 13.1. The third-order valence-electron chi connectivity index (χ3n) is 10.7. The van der Waals surface area contributed by atoms with Crippen LogP contribution < -0.4 is 0 Å². The molecule has 0 bridgehead atoms. The Morgan fingerprint density at radius 2 is 0.763 bits per heavy atom. The van der Waals surface area contributed by atoms with Crippen LogP contribution in [0.5, 0.6) is 0 Å². The van der Waals surface area contributed by atoms with Gasteiger partial charge in [0, 0.05) is 13.0 Å². The van der Waals surface area contributed by atoms with Crippen molar-refractivity contribution in [1.29, 1.82) is 0 Å². The maximum absolute atomic E-state index is 12.3. The van der Waals surface area contributed by atoms with Gasteiger partial charge in [-0.25, -0.2) is 0 Å². The summed E-state index contributed by atoms with van der Waals surface area (Å²) in [6.45, 7) is 5.21. The first-order valence-corrected chi connectivity index (χ1v) is 25.2. The molecule has 4 heteroatoms. The first-order valence-electron chi connectivity index (χ1n) is 25.2. The highest BCUT2D eigenvalue weighted by Gasteiger charge is 2.13. The van der Waals surface area contributed by atoms with Crippen LogP contribution in [0, 0.1) is 0 Å². The highest BCUT2D eigenvalue weighted by molar-refractivity contribution is 5.69. The fourth-order valence-electron chi connectivity index (χ4n) is 6.97. The summed E-state index contributed by atoms with van der Waals surface area (Å²) in [5, 5.41) is 9.65. The summed E-state index contributed by atoms with van der Waals surface area (Å²) in [6.07, 6.45) is 72.4. The Kier molecular flexibility index (Phi) is 49.6. The SMILES string of the molecule is CC/C=C\C/C=C\C/C=C\C/C=C\CCCCCCCCCCCCCCC(=O)OC(CO)COCCCCCCCCC/C=C\C/C=C\C/C=C\CCCCCCC. The predicted octanol–water partition coefficient (Wildman–Crippen LogP) is 17.1. The number of rotatable bonds is 46. The quantitative estimate of drug-likeness (QED) is 0.0378. The molecule has 1 N–H and O–H groups in total. The van der Waals surface area contributed by atoms with Crippen molar-refractivity contribution >= 4 is 5.97 Å². The van der Waals surface area contributed by atoms with Gasteiger partial charge >= 0.3 is 5.97 Å². The zero-order valence-electron chi connectivity index (χ0n) is 39.0. The van der Waals surface area contributed by atoms with E-state index >= 15 is 0 Å². The Hall–Kier alpha value is -2.43. The molecule has 0 saturated carbocycles. The van der Waals surface area contributed by atoms with Crippen LogP contribution in [0.2, 0.25) is 0 Å². The van der Waals surface area contributed by atoms with Crippen molar-refractivity contribution in [2.75, 3.05) is 19.8 Å². The van der Waals surface area contributed by atoms with Gasteiger partial charge in [0.15, 0.2) is 0 Å². The van der Waals surface area contributed by atoms with Gasteiger partial charge in [0.2, 0.25) is 0 Å². The molecule has 4 nitrogen and oxygen atoms in total. The zero-order chi connectivity index (χ0) is 42.6. The summed E-state index contributed by atoms with van der Waals surface area (Å²) in [5.41, 5.74) is 0. The van der Waals surface area contributed by atoms with Crippen LogP contribution in [0.3, 0.4) is 0 Å². The molecule has 0 aliphatic heterocycles. The van der Waals surface area contributed by atoms with Crippen molar-refractivity contribution in [3.63, 3.8) is 0 Å². The first kappa shape index (κ1) is 56.6. The van der Waals surface area contributed by atoms with E-state index < -0.39 is 6.10 Å². The summed E-state index contributed by atoms with van der Waals surface area (Å²) in [7, 11) is 0. The average Bonchev–Trinajstić information content (AvgIpc) is 3.24. The van der Waals surface area contributed by atoms with Gasteiger partial charge in [-0.05, 0) is 89.9 Å². The van der Waals surface area contributed by atoms with Gasteiger partial charge in [0.25, 0.3) is 0 Å². The summed E-state index contributed by atoms with van der Waals surface area (Å²) >= 11 is 0. The van der Waals surface area contributed by atoms with E-state index in [4.69, 9.17) is 9.47 Å². The molecule has 0 saturated heterocycles. The second kappa shape index (κ2) is 51.7. The Labute approximate surface area is 367 Å². The summed E-state index contributed by atoms with van der Waals surface area (Å²) in [4.78, 5) is 12.3. The molecular formula is C55H96O4. The molecule has 0 aromatic rings. The van der Waals surface area contributed by atoms with Gasteiger partial charge in [0.05, 0.1) is 13.2 Å². The average molecular weight is 821 g/mol. The van der Waals surface area contributed by atoms with E-state index in [1.165, 1.54) is 148 Å². The summed E-state index contributed by atoms with van der Waals surface area (Å²) in [5.74, 6) is -0.208. The highest BCUT2D eigenvalue weighted by atomic mass is 16.6. The standard InChI is InChI=1S/C55H96O4/c1-3-5-7-9-11-13-15-17-19-21-23-25-27-28-29-30-32-34-36-38-40-42-44-46-48-50-55(57)59-54(52-56)53-58-51-49-47-45-43-41-39-37-35-33-31-26-24-22-20-18-16-14-12-10-8-6-4-2/h5,7,11,13,16-19,22-25,31,33,54,56H,3-4,6,8-10,12,14-15,20-21,26-30,32,34-53H2,1-2H3/b7-5-,13-11-,18-16-,19-17-,24-22-,25-23-,33-31-. The molecule has 0 heterocycles. The first-order chi connectivity index (χ1) is 29.2. The molecule has 1 atom stereocenters. The number of carbonyl (C=O) groups is 1. The third-order valence-corrected chi connectivity index (χ3v) is 10.7. The molecule has 0 aliphatic carbocycles. The largest absolute Gasteiger partial charge is 0.457 e. The van der Waals surface area contributed by atoms with Crippen LogP contribution in [-0.2, 0) is 14.3 Å².